The van der Waals surface area contributed by atoms with E-state index in [1.807, 2.05) is 25.1 Å². The Kier molecular flexibility index (Phi) is 4.16. The van der Waals surface area contributed by atoms with Crippen LogP contribution in [0.1, 0.15) is 11.1 Å². The lowest BCUT2D eigenvalue weighted by molar-refractivity contribution is -0.384. The van der Waals surface area contributed by atoms with Gasteiger partial charge < -0.3 is 4.74 Å². The molecule has 0 amide bonds. The maximum Gasteiger partial charge on any atom is 0.269 e. The van der Waals surface area contributed by atoms with Gasteiger partial charge in [0.25, 0.3) is 5.69 Å². The Morgan fingerprint density at radius 2 is 2.05 bits per heavy atom. The van der Waals surface area contributed by atoms with E-state index in [0.717, 1.165) is 21.3 Å². The highest BCUT2D eigenvalue weighted by atomic mass is 79.9. The van der Waals surface area contributed by atoms with Crippen LogP contribution in [-0.2, 0) is 6.61 Å². The van der Waals surface area contributed by atoms with Crippen LogP contribution in [0.15, 0.2) is 46.9 Å². The first-order valence-electron chi connectivity index (χ1n) is 5.68. The molecule has 0 fully saturated rings. The van der Waals surface area contributed by atoms with Gasteiger partial charge in [0.1, 0.15) is 12.4 Å². The van der Waals surface area contributed by atoms with E-state index in [1.54, 1.807) is 12.1 Å². The van der Waals surface area contributed by atoms with E-state index in [1.165, 1.54) is 12.1 Å². The van der Waals surface area contributed by atoms with E-state index in [0.29, 0.717) is 6.61 Å². The lowest BCUT2D eigenvalue weighted by atomic mass is 10.2. The Balaban J connectivity index is 2.12. The van der Waals surface area contributed by atoms with Gasteiger partial charge in [-0.1, -0.05) is 34.1 Å². The molecule has 0 aliphatic heterocycles. The number of nitrogens with zero attached hydrogens (tertiary/aromatic N) is 1. The van der Waals surface area contributed by atoms with E-state index in [-0.39, 0.29) is 5.69 Å². The normalized spacial score (nSPS) is 10.2. The molecular formula is C14H12BrNO3. The molecule has 0 aromatic heterocycles. The van der Waals surface area contributed by atoms with E-state index in [9.17, 15) is 10.1 Å². The Labute approximate surface area is 119 Å². The van der Waals surface area contributed by atoms with Crippen molar-refractivity contribution in [3.63, 3.8) is 0 Å². The summed E-state index contributed by atoms with van der Waals surface area (Å²) in [6.45, 7) is 2.26. The molecule has 0 saturated heterocycles. The Hall–Kier alpha value is -1.88. The zero-order valence-electron chi connectivity index (χ0n) is 10.3. The van der Waals surface area contributed by atoms with Gasteiger partial charge in [-0.3, -0.25) is 10.1 Å². The van der Waals surface area contributed by atoms with Crippen molar-refractivity contribution < 1.29 is 9.66 Å². The van der Waals surface area contributed by atoms with Gasteiger partial charge in [-0.2, -0.15) is 0 Å². The van der Waals surface area contributed by atoms with E-state index >= 15 is 0 Å². The Morgan fingerprint density at radius 1 is 1.26 bits per heavy atom. The largest absolute Gasteiger partial charge is 0.489 e. The number of halogens is 1. The summed E-state index contributed by atoms with van der Waals surface area (Å²) in [5, 5.41) is 10.7. The molecule has 0 atom stereocenters. The molecule has 0 radical (unpaired) electrons. The maximum absolute atomic E-state index is 10.7. The predicted molar refractivity (Wildman–Crippen MR) is 76.3 cm³/mol. The van der Waals surface area contributed by atoms with Crippen molar-refractivity contribution in [2.24, 2.45) is 0 Å². The van der Waals surface area contributed by atoms with Crippen LogP contribution < -0.4 is 4.74 Å². The van der Waals surface area contributed by atoms with Gasteiger partial charge in [0, 0.05) is 16.6 Å². The van der Waals surface area contributed by atoms with Crippen LogP contribution in [0.25, 0.3) is 0 Å². The van der Waals surface area contributed by atoms with Crippen LogP contribution in [0.3, 0.4) is 0 Å². The van der Waals surface area contributed by atoms with Crippen molar-refractivity contribution >= 4 is 21.6 Å². The molecule has 0 spiro atoms. The van der Waals surface area contributed by atoms with Gasteiger partial charge in [-0.25, -0.2) is 0 Å². The SMILES string of the molecule is Cc1ccc(Br)cc1OCc1cccc([N+](=O)[O-])c1. The highest BCUT2D eigenvalue weighted by molar-refractivity contribution is 9.10. The van der Waals surface area contributed by atoms with Crippen molar-refractivity contribution in [2.75, 3.05) is 0 Å². The molecule has 4 nitrogen and oxygen atoms in total. The fraction of sp³-hybridized carbons (Fsp3) is 0.143. The number of non-ortho nitro benzene ring substituents is 1. The van der Waals surface area contributed by atoms with Gasteiger partial charge >= 0.3 is 0 Å². The zero-order chi connectivity index (χ0) is 13.8. The van der Waals surface area contributed by atoms with Crippen LogP contribution in [0.2, 0.25) is 0 Å². The van der Waals surface area contributed by atoms with Crippen LogP contribution >= 0.6 is 15.9 Å². The molecule has 0 saturated carbocycles. The minimum Gasteiger partial charge on any atom is -0.489 e. The van der Waals surface area contributed by atoms with Crippen LogP contribution in [-0.4, -0.2) is 4.92 Å². The average molecular weight is 322 g/mol. The third-order valence-corrected chi connectivity index (χ3v) is 3.16. The summed E-state index contributed by atoms with van der Waals surface area (Å²) in [4.78, 5) is 10.3. The lowest BCUT2D eigenvalue weighted by Gasteiger charge is -2.09. The summed E-state index contributed by atoms with van der Waals surface area (Å²) in [5.74, 6) is 0.765. The molecule has 0 aliphatic carbocycles. The number of nitro groups is 1. The van der Waals surface area contributed by atoms with Crippen LogP contribution in [0.4, 0.5) is 5.69 Å². The summed E-state index contributed by atoms with van der Waals surface area (Å²) in [6, 6.07) is 12.2. The average Bonchev–Trinajstić information content (AvgIpc) is 2.40. The third-order valence-electron chi connectivity index (χ3n) is 2.67. The third kappa shape index (κ3) is 3.54. The smallest absolute Gasteiger partial charge is 0.269 e. The van der Waals surface area contributed by atoms with Gasteiger partial charge in [-0.15, -0.1) is 0 Å². The predicted octanol–water partition coefficient (Wildman–Crippen LogP) is 4.24. The molecule has 19 heavy (non-hydrogen) atoms. The van der Waals surface area contributed by atoms with Gasteiger partial charge in [0.2, 0.25) is 0 Å². The number of benzene rings is 2. The van der Waals surface area contributed by atoms with E-state index < -0.39 is 4.92 Å². The second kappa shape index (κ2) is 5.84. The molecule has 0 heterocycles. The molecule has 2 aromatic carbocycles. The van der Waals surface area contributed by atoms with Crippen LogP contribution in [0, 0.1) is 17.0 Å². The molecule has 0 N–H and O–H groups in total. The molecule has 0 bridgehead atoms. The molecule has 0 unspecified atom stereocenters. The first kappa shape index (κ1) is 13.5. The summed E-state index contributed by atoms with van der Waals surface area (Å²) in [5.41, 5.74) is 1.87. The minimum atomic E-state index is -0.409. The number of rotatable bonds is 4. The number of ether oxygens (including phenoxy) is 1. The highest BCUT2D eigenvalue weighted by Crippen LogP contribution is 2.24. The fourth-order valence-corrected chi connectivity index (χ4v) is 1.99. The Bertz CT molecular complexity index is 613. The first-order chi connectivity index (χ1) is 9.06. The lowest BCUT2D eigenvalue weighted by Crippen LogP contribution is -1.98. The summed E-state index contributed by atoms with van der Waals surface area (Å²) >= 11 is 3.38. The van der Waals surface area contributed by atoms with E-state index in [4.69, 9.17) is 4.74 Å². The fourth-order valence-electron chi connectivity index (χ4n) is 1.65. The van der Waals surface area contributed by atoms with Crippen molar-refractivity contribution in [1.82, 2.24) is 0 Å². The number of aryl methyl sites for hydroxylation is 1. The highest BCUT2D eigenvalue weighted by Gasteiger charge is 2.07. The monoisotopic (exact) mass is 321 g/mol. The maximum atomic E-state index is 10.7. The standard InChI is InChI=1S/C14H12BrNO3/c1-10-5-6-12(15)8-14(10)19-9-11-3-2-4-13(7-11)16(17)18/h2-8H,9H2,1H3. The second-order valence-electron chi connectivity index (χ2n) is 4.13. The van der Waals surface area contributed by atoms with Gasteiger partial charge in [0.05, 0.1) is 4.92 Å². The minimum absolute atomic E-state index is 0.0760. The topological polar surface area (TPSA) is 52.4 Å². The number of hydrogen-bond acceptors (Lipinski definition) is 3. The van der Waals surface area contributed by atoms with Crippen molar-refractivity contribution in [2.45, 2.75) is 13.5 Å². The Morgan fingerprint density at radius 3 is 2.79 bits per heavy atom. The first-order valence-corrected chi connectivity index (χ1v) is 6.48. The zero-order valence-corrected chi connectivity index (χ0v) is 11.9. The number of nitro benzene ring substituents is 1. The summed E-state index contributed by atoms with van der Waals surface area (Å²) in [6.07, 6.45) is 0. The van der Waals surface area contributed by atoms with Crippen molar-refractivity contribution in [1.29, 1.82) is 0 Å². The molecule has 2 rings (SSSR count). The molecule has 5 heteroatoms. The second-order valence-corrected chi connectivity index (χ2v) is 5.04. The summed E-state index contributed by atoms with van der Waals surface area (Å²) in [7, 11) is 0. The van der Waals surface area contributed by atoms with Crippen molar-refractivity contribution in [3.05, 3.63) is 68.2 Å². The molecule has 2 aromatic rings. The molecule has 0 aliphatic rings. The van der Waals surface area contributed by atoms with Crippen LogP contribution in [0.5, 0.6) is 5.75 Å². The molecule has 98 valence electrons. The van der Waals surface area contributed by atoms with Crippen molar-refractivity contribution in [3.8, 4) is 5.75 Å². The van der Waals surface area contributed by atoms with E-state index in [2.05, 4.69) is 15.9 Å². The number of hydrogen-bond donors (Lipinski definition) is 0. The molecular weight excluding hydrogens is 310 g/mol. The quantitative estimate of drug-likeness (QED) is 0.625. The summed E-state index contributed by atoms with van der Waals surface area (Å²) < 4.78 is 6.62. The van der Waals surface area contributed by atoms with Gasteiger partial charge in [0.15, 0.2) is 0 Å². The van der Waals surface area contributed by atoms with Gasteiger partial charge in [-0.05, 0) is 30.2 Å².